The van der Waals surface area contributed by atoms with Crippen LogP contribution in [0.5, 0.6) is 0 Å². The highest BCUT2D eigenvalue weighted by molar-refractivity contribution is 5.53. The van der Waals surface area contributed by atoms with Gasteiger partial charge in [0.25, 0.3) is 0 Å². The molecule has 178 valence electrons. The summed E-state index contributed by atoms with van der Waals surface area (Å²) in [5, 5.41) is 34.6. The van der Waals surface area contributed by atoms with Crippen LogP contribution in [0.1, 0.15) is 12.0 Å². The first-order valence-electron chi connectivity index (χ1n) is 10.6. The van der Waals surface area contributed by atoms with Gasteiger partial charge < -0.3 is 15.1 Å². The molecule has 0 aromatic heterocycles. The number of halogens is 3. The smallest absolute Gasteiger partial charge is 0.396 e. The molecule has 0 aliphatic heterocycles. The third kappa shape index (κ3) is 7.46. The number of nitrogens with zero attached hydrogens (tertiary/aromatic N) is 5. The van der Waals surface area contributed by atoms with Crippen LogP contribution in [0.2, 0.25) is 0 Å². The van der Waals surface area contributed by atoms with Crippen molar-refractivity contribution in [2.45, 2.75) is 12.6 Å². The Balaban J connectivity index is 1.59. The molecule has 0 fully saturated rings. The van der Waals surface area contributed by atoms with Crippen LogP contribution in [0.15, 0.2) is 93.3 Å². The lowest BCUT2D eigenvalue weighted by molar-refractivity contribution is -0.137. The zero-order valence-corrected chi connectivity index (χ0v) is 18.2. The Kier molecular flexibility index (Phi) is 8.83. The number of hydrogen-bond donors (Lipinski definition) is 2. The molecule has 10 heteroatoms. The molecule has 0 amide bonds. The minimum Gasteiger partial charge on any atom is -0.396 e. The third-order valence-electron chi connectivity index (χ3n) is 4.78. The molecule has 7 nitrogen and oxygen atoms in total. The van der Waals surface area contributed by atoms with E-state index in [0.29, 0.717) is 42.3 Å². The van der Waals surface area contributed by atoms with Crippen molar-refractivity contribution in [3.8, 4) is 0 Å². The molecule has 34 heavy (non-hydrogen) atoms. The van der Waals surface area contributed by atoms with Crippen LogP contribution in [-0.4, -0.2) is 36.5 Å². The van der Waals surface area contributed by atoms with Crippen molar-refractivity contribution in [3.05, 3.63) is 78.4 Å². The van der Waals surface area contributed by atoms with Crippen molar-refractivity contribution < 1.29 is 23.4 Å². The maximum Gasteiger partial charge on any atom is 0.416 e. The molecule has 0 bridgehead atoms. The van der Waals surface area contributed by atoms with Crippen LogP contribution in [0.4, 0.5) is 41.6 Å². The average Bonchev–Trinajstić information content (AvgIpc) is 2.85. The Morgan fingerprint density at radius 3 is 1.38 bits per heavy atom. The molecule has 3 aromatic carbocycles. The maximum absolute atomic E-state index is 12.6. The molecule has 2 N–H and O–H groups in total. The maximum atomic E-state index is 12.6. The Morgan fingerprint density at radius 2 is 1.00 bits per heavy atom. The predicted octanol–water partition coefficient (Wildman–Crippen LogP) is 6.72. The van der Waals surface area contributed by atoms with Crippen LogP contribution in [0, 0.1) is 0 Å². The van der Waals surface area contributed by atoms with Crippen molar-refractivity contribution in [1.29, 1.82) is 0 Å². The first kappa shape index (κ1) is 25.0. The quantitative estimate of drug-likeness (QED) is 0.322. The van der Waals surface area contributed by atoms with Crippen molar-refractivity contribution in [2.75, 3.05) is 31.2 Å². The summed E-state index contributed by atoms with van der Waals surface area (Å²) in [5.74, 6) is 0. The van der Waals surface area contributed by atoms with Crippen molar-refractivity contribution in [2.24, 2.45) is 20.5 Å². The topological polar surface area (TPSA) is 93.1 Å². The fraction of sp³-hybridized carbons (Fsp3) is 0.250. The molecule has 0 saturated heterocycles. The molecule has 3 aromatic rings. The Hall–Kier alpha value is -3.63. The number of benzene rings is 3. The molecule has 0 heterocycles. The molecule has 0 unspecified atom stereocenters. The first-order valence-corrected chi connectivity index (χ1v) is 10.6. The molecule has 0 atom stereocenters. The summed E-state index contributed by atoms with van der Waals surface area (Å²) in [7, 11) is 0. The highest BCUT2D eigenvalue weighted by atomic mass is 19.4. The molecular formula is C24H24F3N5O2. The summed E-state index contributed by atoms with van der Waals surface area (Å²) in [6, 6.07) is 18.6. The minimum atomic E-state index is -4.39. The number of anilines is 1. The molecule has 3 rings (SSSR count). The van der Waals surface area contributed by atoms with E-state index >= 15 is 0 Å². The van der Waals surface area contributed by atoms with Crippen molar-refractivity contribution in [3.63, 3.8) is 0 Å². The van der Waals surface area contributed by atoms with Gasteiger partial charge in [0, 0.05) is 25.4 Å². The van der Waals surface area contributed by atoms with Crippen molar-refractivity contribution >= 4 is 28.4 Å². The number of aliphatic hydroxyl groups is 2. The Bertz CT molecular complexity index is 1080. The van der Waals surface area contributed by atoms with E-state index in [0.717, 1.165) is 17.8 Å². The SMILES string of the molecule is OCCCN(CCO)c1ccc(N=Nc2ccc(N=Nc3ccc(C(F)(F)F)cc3)cc2)cc1. The number of aliphatic hydroxyl groups excluding tert-OH is 2. The van der Waals surface area contributed by atoms with Gasteiger partial charge in [-0.1, -0.05) is 0 Å². The van der Waals surface area contributed by atoms with Crippen LogP contribution < -0.4 is 4.90 Å². The van der Waals surface area contributed by atoms with E-state index in [-0.39, 0.29) is 13.2 Å². The fourth-order valence-electron chi connectivity index (χ4n) is 3.02. The summed E-state index contributed by atoms with van der Waals surface area (Å²) < 4.78 is 37.8. The zero-order valence-electron chi connectivity index (χ0n) is 18.2. The molecular weight excluding hydrogens is 447 g/mol. The van der Waals surface area contributed by atoms with E-state index in [4.69, 9.17) is 5.11 Å². The zero-order chi connectivity index (χ0) is 24.4. The van der Waals surface area contributed by atoms with E-state index in [1.807, 2.05) is 29.2 Å². The molecule has 0 saturated carbocycles. The summed E-state index contributed by atoms with van der Waals surface area (Å²) in [6.07, 6.45) is -3.77. The second-order valence-corrected chi connectivity index (χ2v) is 7.27. The van der Waals surface area contributed by atoms with Gasteiger partial charge in [-0.2, -0.15) is 33.6 Å². The summed E-state index contributed by atoms with van der Waals surface area (Å²) in [5.41, 5.74) is 2.27. The minimum absolute atomic E-state index is 0.0206. The Morgan fingerprint density at radius 1 is 0.588 bits per heavy atom. The summed E-state index contributed by atoms with van der Waals surface area (Å²) in [4.78, 5) is 1.98. The van der Waals surface area contributed by atoms with Gasteiger partial charge in [0.1, 0.15) is 0 Å². The van der Waals surface area contributed by atoms with Crippen LogP contribution in [-0.2, 0) is 6.18 Å². The lowest BCUT2D eigenvalue weighted by Crippen LogP contribution is -2.28. The average molecular weight is 471 g/mol. The molecule has 0 spiro atoms. The second kappa shape index (κ2) is 12.0. The van der Waals surface area contributed by atoms with Crippen LogP contribution in [0.25, 0.3) is 0 Å². The highest BCUT2D eigenvalue weighted by Gasteiger charge is 2.29. The second-order valence-electron chi connectivity index (χ2n) is 7.27. The number of hydrogen-bond acceptors (Lipinski definition) is 7. The van der Waals surface area contributed by atoms with Gasteiger partial charge in [-0.3, -0.25) is 0 Å². The van der Waals surface area contributed by atoms with E-state index in [1.54, 1.807) is 24.3 Å². The third-order valence-corrected chi connectivity index (χ3v) is 4.78. The molecule has 0 aliphatic rings. The predicted molar refractivity (Wildman–Crippen MR) is 124 cm³/mol. The van der Waals surface area contributed by atoms with Gasteiger partial charge in [-0.25, -0.2) is 0 Å². The van der Waals surface area contributed by atoms with Gasteiger partial charge in [-0.05, 0) is 79.2 Å². The van der Waals surface area contributed by atoms with E-state index < -0.39 is 11.7 Å². The standard InChI is InChI=1S/C24H24F3N5O2/c25-24(26,27)18-2-4-19(5-3-18)28-29-20-6-8-21(9-7-20)30-31-22-10-12-23(13-11-22)32(15-17-34)14-1-16-33/h2-13,33-34H,1,14-17H2. The van der Waals surface area contributed by atoms with Crippen LogP contribution in [0.3, 0.4) is 0 Å². The van der Waals surface area contributed by atoms with Gasteiger partial charge in [0.05, 0.1) is 34.9 Å². The Labute approximate surface area is 194 Å². The largest absolute Gasteiger partial charge is 0.416 e. The van der Waals surface area contributed by atoms with Gasteiger partial charge in [0.15, 0.2) is 0 Å². The number of alkyl halides is 3. The lowest BCUT2D eigenvalue weighted by Gasteiger charge is -2.23. The lowest BCUT2D eigenvalue weighted by atomic mass is 10.2. The van der Waals surface area contributed by atoms with Crippen molar-refractivity contribution in [1.82, 2.24) is 0 Å². The van der Waals surface area contributed by atoms with Gasteiger partial charge in [0.2, 0.25) is 0 Å². The van der Waals surface area contributed by atoms with E-state index in [2.05, 4.69) is 20.5 Å². The fourth-order valence-corrected chi connectivity index (χ4v) is 3.02. The normalized spacial score (nSPS) is 12.0. The number of azo groups is 2. The first-order chi connectivity index (χ1) is 16.4. The monoisotopic (exact) mass is 471 g/mol. The summed E-state index contributed by atoms with van der Waals surface area (Å²) >= 11 is 0. The molecule has 0 aliphatic carbocycles. The van der Waals surface area contributed by atoms with E-state index in [1.165, 1.54) is 12.1 Å². The van der Waals surface area contributed by atoms with Crippen LogP contribution >= 0.6 is 0 Å². The number of rotatable bonds is 10. The van der Waals surface area contributed by atoms with Gasteiger partial charge in [-0.15, -0.1) is 0 Å². The highest BCUT2D eigenvalue weighted by Crippen LogP contribution is 2.31. The molecule has 0 radical (unpaired) electrons. The van der Waals surface area contributed by atoms with E-state index in [9.17, 15) is 18.3 Å². The van der Waals surface area contributed by atoms with Gasteiger partial charge >= 0.3 is 6.18 Å². The summed E-state index contributed by atoms with van der Waals surface area (Å²) in [6.45, 7) is 1.22.